The van der Waals surface area contributed by atoms with Crippen LogP contribution in [0.3, 0.4) is 0 Å². The highest BCUT2D eigenvalue weighted by Crippen LogP contribution is 2.25. The highest BCUT2D eigenvalue weighted by atomic mass is 35.5. The number of benzene rings is 1. The van der Waals surface area contributed by atoms with Crippen LogP contribution in [0.15, 0.2) is 18.5 Å². The lowest BCUT2D eigenvalue weighted by Gasteiger charge is -2.16. The number of rotatable bonds is 6. The Bertz CT molecular complexity index is 722. The number of aromatic nitrogens is 3. The van der Waals surface area contributed by atoms with Crippen LogP contribution in [0.4, 0.5) is 14.9 Å². The van der Waals surface area contributed by atoms with Crippen molar-refractivity contribution in [3.63, 3.8) is 0 Å². The van der Waals surface area contributed by atoms with Gasteiger partial charge in [0.25, 0.3) is 0 Å². The molecule has 2 aromatic rings. The van der Waals surface area contributed by atoms with E-state index < -0.39 is 11.8 Å². The van der Waals surface area contributed by atoms with Crippen molar-refractivity contribution < 1.29 is 13.9 Å². The molecule has 2 amide bonds. The van der Waals surface area contributed by atoms with Gasteiger partial charge in [-0.1, -0.05) is 11.6 Å². The third kappa shape index (κ3) is 4.42. The number of aryl methyl sites for hydroxylation is 1. The van der Waals surface area contributed by atoms with E-state index in [9.17, 15) is 9.18 Å². The number of nitrogens with one attached hydrogen (secondary N) is 2. The number of urea groups is 1. The third-order valence-electron chi connectivity index (χ3n) is 3.41. The summed E-state index contributed by atoms with van der Waals surface area (Å²) >= 11 is 5.94. The van der Waals surface area contributed by atoms with Gasteiger partial charge in [-0.05, 0) is 31.5 Å². The summed E-state index contributed by atoms with van der Waals surface area (Å²) in [4.78, 5) is 12.1. The number of methoxy groups -OCH3 is 1. The molecule has 0 aliphatic heterocycles. The first-order valence-electron chi connectivity index (χ1n) is 7.32. The molecule has 0 fully saturated rings. The third-order valence-corrected chi connectivity index (χ3v) is 3.73. The molecule has 130 valence electrons. The Labute approximate surface area is 144 Å². The Balaban J connectivity index is 2.02. The van der Waals surface area contributed by atoms with Crippen LogP contribution < -0.4 is 10.6 Å². The molecule has 0 bridgehead atoms. The molecule has 1 aromatic heterocycles. The Morgan fingerprint density at radius 3 is 2.96 bits per heavy atom. The van der Waals surface area contributed by atoms with Gasteiger partial charge in [0.15, 0.2) is 5.82 Å². The van der Waals surface area contributed by atoms with Crippen molar-refractivity contribution in [3.05, 3.63) is 40.7 Å². The van der Waals surface area contributed by atoms with Crippen LogP contribution in [0.2, 0.25) is 5.02 Å². The van der Waals surface area contributed by atoms with Gasteiger partial charge in [0.1, 0.15) is 12.1 Å². The summed E-state index contributed by atoms with van der Waals surface area (Å²) in [5, 5.41) is 13.3. The van der Waals surface area contributed by atoms with Crippen LogP contribution in [-0.2, 0) is 11.3 Å². The molecule has 0 saturated carbocycles. The SMILES string of the molecule is COCCn1cnnc1[C@H](C)NC(=O)Nc1cc(C)c(F)cc1Cl. The van der Waals surface area contributed by atoms with Crippen LogP contribution in [0.25, 0.3) is 0 Å². The van der Waals surface area contributed by atoms with E-state index in [-0.39, 0.29) is 11.1 Å². The van der Waals surface area contributed by atoms with Gasteiger partial charge in [-0.2, -0.15) is 0 Å². The van der Waals surface area contributed by atoms with Crippen LogP contribution in [0.5, 0.6) is 0 Å². The molecule has 0 unspecified atom stereocenters. The number of hydrogen-bond donors (Lipinski definition) is 2. The molecule has 2 rings (SSSR count). The molecule has 9 heteroatoms. The molecule has 1 atom stereocenters. The minimum atomic E-state index is -0.475. The van der Waals surface area contributed by atoms with Gasteiger partial charge < -0.3 is 19.9 Å². The highest BCUT2D eigenvalue weighted by Gasteiger charge is 2.16. The predicted octanol–water partition coefficient (Wildman–Crippen LogP) is 2.91. The number of amides is 2. The Morgan fingerprint density at radius 2 is 2.25 bits per heavy atom. The Kier molecular flexibility index (Phi) is 6.10. The number of hydrogen-bond acceptors (Lipinski definition) is 4. The number of carbonyl (C=O) groups excluding carboxylic acids is 1. The number of anilines is 1. The minimum Gasteiger partial charge on any atom is -0.383 e. The van der Waals surface area contributed by atoms with Crippen LogP contribution >= 0.6 is 11.6 Å². The number of carbonyl (C=O) groups is 1. The molecule has 1 heterocycles. The van der Waals surface area contributed by atoms with Gasteiger partial charge >= 0.3 is 6.03 Å². The molecule has 0 aliphatic carbocycles. The quantitative estimate of drug-likeness (QED) is 0.834. The van der Waals surface area contributed by atoms with E-state index in [0.717, 1.165) is 6.07 Å². The largest absolute Gasteiger partial charge is 0.383 e. The van der Waals surface area contributed by atoms with Crippen LogP contribution in [-0.4, -0.2) is 34.5 Å². The summed E-state index contributed by atoms with van der Waals surface area (Å²) in [6.07, 6.45) is 1.57. The fourth-order valence-corrected chi connectivity index (χ4v) is 2.33. The zero-order valence-electron chi connectivity index (χ0n) is 13.6. The fraction of sp³-hybridized carbons (Fsp3) is 0.400. The highest BCUT2D eigenvalue weighted by molar-refractivity contribution is 6.33. The van der Waals surface area contributed by atoms with Gasteiger partial charge in [0.2, 0.25) is 0 Å². The Morgan fingerprint density at radius 1 is 1.50 bits per heavy atom. The lowest BCUT2D eigenvalue weighted by atomic mass is 10.2. The first-order chi connectivity index (χ1) is 11.4. The molecule has 0 radical (unpaired) electrons. The van der Waals surface area contributed by atoms with E-state index in [2.05, 4.69) is 20.8 Å². The molecular formula is C15H19ClFN5O2. The summed E-state index contributed by atoms with van der Waals surface area (Å²) < 4.78 is 20.2. The lowest BCUT2D eigenvalue weighted by molar-refractivity contribution is 0.185. The maximum Gasteiger partial charge on any atom is 0.319 e. The minimum absolute atomic E-state index is 0.129. The molecule has 0 aliphatic rings. The summed E-state index contributed by atoms with van der Waals surface area (Å²) in [6, 6.07) is 1.78. The fourth-order valence-electron chi connectivity index (χ4n) is 2.13. The summed E-state index contributed by atoms with van der Waals surface area (Å²) in [5.41, 5.74) is 0.725. The average Bonchev–Trinajstić information content (AvgIpc) is 2.99. The summed E-state index contributed by atoms with van der Waals surface area (Å²) in [6.45, 7) is 4.46. The van der Waals surface area contributed by atoms with Crippen molar-refractivity contribution in [2.75, 3.05) is 19.0 Å². The predicted molar refractivity (Wildman–Crippen MR) is 88.6 cm³/mol. The zero-order valence-corrected chi connectivity index (χ0v) is 14.4. The van der Waals surface area contributed by atoms with E-state index in [1.165, 1.54) is 6.07 Å². The Hall–Kier alpha value is -2.19. The monoisotopic (exact) mass is 355 g/mol. The van der Waals surface area contributed by atoms with Crippen LogP contribution in [0.1, 0.15) is 24.4 Å². The van der Waals surface area contributed by atoms with E-state index in [0.29, 0.717) is 30.2 Å². The molecule has 0 saturated heterocycles. The molecule has 24 heavy (non-hydrogen) atoms. The second-order valence-corrected chi connectivity index (χ2v) is 5.68. The van der Waals surface area contributed by atoms with Gasteiger partial charge in [0.05, 0.1) is 23.4 Å². The average molecular weight is 356 g/mol. The maximum absolute atomic E-state index is 13.4. The second-order valence-electron chi connectivity index (χ2n) is 5.28. The van der Waals surface area contributed by atoms with Crippen molar-refractivity contribution in [2.45, 2.75) is 26.4 Å². The van der Waals surface area contributed by atoms with E-state index >= 15 is 0 Å². The first-order valence-corrected chi connectivity index (χ1v) is 7.70. The van der Waals surface area contributed by atoms with Crippen molar-refractivity contribution in [1.82, 2.24) is 20.1 Å². The van der Waals surface area contributed by atoms with E-state index in [4.69, 9.17) is 16.3 Å². The first kappa shape index (κ1) is 18.2. The van der Waals surface area contributed by atoms with Gasteiger partial charge in [-0.15, -0.1) is 10.2 Å². The van der Waals surface area contributed by atoms with Gasteiger partial charge in [0, 0.05) is 13.7 Å². The van der Waals surface area contributed by atoms with Crippen molar-refractivity contribution in [3.8, 4) is 0 Å². The number of ether oxygens (including phenoxy) is 1. The second kappa shape index (κ2) is 8.07. The molecular weight excluding hydrogens is 337 g/mol. The van der Waals surface area contributed by atoms with Crippen LogP contribution in [0, 0.1) is 12.7 Å². The summed E-state index contributed by atoms with van der Waals surface area (Å²) in [5.74, 6) is 0.175. The van der Waals surface area contributed by atoms with E-state index in [1.54, 1.807) is 31.9 Å². The molecule has 0 spiro atoms. The zero-order chi connectivity index (χ0) is 17.7. The molecule has 1 aromatic carbocycles. The van der Waals surface area contributed by atoms with Crippen molar-refractivity contribution in [1.29, 1.82) is 0 Å². The standard InChI is InChI=1S/C15H19ClFN5O2/c1-9-6-13(11(16)7-12(9)17)20-15(23)19-10(2)14-21-18-8-22(14)4-5-24-3/h6-8,10H,4-5H2,1-3H3,(H2,19,20,23)/t10-/m0/s1. The maximum atomic E-state index is 13.4. The van der Waals surface area contributed by atoms with Gasteiger partial charge in [-0.25, -0.2) is 9.18 Å². The molecule has 2 N–H and O–H groups in total. The summed E-state index contributed by atoms with van der Waals surface area (Å²) in [7, 11) is 1.60. The number of nitrogens with zero attached hydrogens (tertiary/aromatic N) is 3. The lowest BCUT2D eigenvalue weighted by Crippen LogP contribution is -2.33. The van der Waals surface area contributed by atoms with Crippen molar-refractivity contribution >= 4 is 23.3 Å². The molecule has 7 nitrogen and oxygen atoms in total. The van der Waals surface area contributed by atoms with E-state index in [1.807, 2.05) is 0 Å². The number of halogens is 2. The topological polar surface area (TPSA) is 81.1 Å². The van der Waals surface area contributed by atoms with Gasteiger partial charge in [-0.3, -0.25) is 0 Å². The smallest absolute Gasteiger partial charge is 0.319 e. The normalized spacial score (nSPS) is 12.0. The van der Waals surface area contributed by atoms with Crippen molar-refractivity contribution in [2.24, 2.45) is 0 Å².